The first kappa shape index (κ1) is 7.07. The molecule has 2 atom stereocenters. The molecule has 0 bridgehead atoms. The minimum Gasteiger partial charge on any atom is -0.319 e. The molecule has 1 N–H and O–H groups in total. The smallest absolute Gasteiger partial charge is 0.00234 e. The monoisotopic (exact) mass is 127 g/mol. The zero-order valence-corrected chi connectivity index (χ0v) is 6.48. The maximum Gasteiger partial charge on any atom is -0.00234 e. The molecule has 1 aliphatic rings. The molecule has 0 aliphatic heterocycles. The molecule has 0 aromatic heterocycles. The molecule has 0 aromatic carbocycles. The molecule has 2 unspecified atom stereocenters. The third kappa shape index (κ3) is 1.98. The van der Waals surface area contributed by atoms with Crippen molar-refractivity contribution in [2.24, 2.45) is 11.8 Å². The molecule has 0 heterocycles. The third-order valence-electron chi connectivity index (χ3n) is 2.30. The zero-order chi connectivity index (χ0) is 6.69. The Morgan fingerprint density at radius 3 is 2.67 bits per heavy atom. The molecular formula is C8H17N. The van der Waals surface area contributed by atoms with Crippen LogP contribution in [0.4, 0.5) is 0 Å². The van der Waals surface area contributed by atoms with Gasteiger partial charge in [-0.1, -0.05) is 13.3 Å². The fraction of sp³-hybridized carbons (Fsp3) is 1.00. The fourth-order valence-electron chi connectivity index (χ4n) is 1.80. The molecule has 54 valence electrons. The minimum atomic E-state index is 0.977. The first-order valence-corrected chi connectivity index (χ1v) is 3.97. The van der Waals surface area contributed by atoms with E-state index < -0.39 is 0 Å². The molecule has 1 heteroatoms. The number of hydrogen-bond donors (Lipinski definition) is 1. The Hall–Kier alpha value is -0.0400. The van der Waals surface area contributed by atoms with E-state index in [1.807, 2.05) is 7.05 Å². The Bertz CT molecular complexity index is 78.6. The Kier molecular flexibility index (Phi) is 2.52. The lowest BCUT2D eigenvalue weighted by Crippen LogP contribution is -2.16. The molecule has 1 fully saturated rings. The Balaban J connectivity index is 2.14. The lowest BCUT2D eigenvalue weighted by atomic mass is 10.1. The zero-order valence-electron chi connectivity index (χ0n) is 6.48. The molecule has 1 saturated carbocycles. The highest BCUT2D eigenvalue weighted by molar-refractivity contribution is 4.73. The van der Waals surface area contributed by atoms with Crippen molar-refractivity contribution in [3.05, 3.63) is 0 Å². The van der Waals surface area contributed by atoms with Crippen molar-refractivity contribution >= 4 is 0 Å². The van der Waals surface area contributed by atoms with Crippen LogP contribution in [0.2, 0.25) is 0 Å². The third-order valence-corrected chi connectivity index (χ3v) is 2.30. The topological polar surface area (TPSA) is 12.0 Å². The van der Waals surface area contributed by atoms with Gasteiger partial charge in [0, 0.05) is 0 Å². The predicted molar refractivity (Wildman–Crippen MR) is 40.4 cm³/mol. The van der Waals surface area contributed by atoms with Crippen molar-refractivity contribution in [1.29, 1.82) is 0 Å². The van der Waals surface area contributed by atoms with Gasteiger partial charge in [0.15, 0.2) is 0 Å². The Morgan fingerprint density at radius 1 is 1.44 bits per heavy atom. The van der Waals surface area contributed by atoms with E-state index in [1.165, 1.54) is 25.8 Å². The second-order valence-corrected chi connectivity index (χ2v) is 3.34. The van der Waals surface area contributed by atoms with Gasteiger partial charge in [0.2, 0.25) is 0 Å². The van der Waals surface area contributed by atoms with Crippen LogP contribution < -0.4 is 5.32 Å². The maximum absolute atomic E-state index is 3.23. The van der Waals surface area contributed by atoms with Gasteiger partial charge in [0.05, 0.1) is 0 Å². The summed E-state index contributed by atoms with van der Waals surface area (Å²) in [4.78, 5) is 0. The maximum atomic E-state index is 3.23. The van der Waals surface area contributed by atoms with Gasteiger partial charge < -0.3 is 5.32 Å². The number of rotatable bonds is 2. The molecule has 1 nitrogen and oxygen atoms in total. The van der Waals surface area contributed by atoms with Gasteiger partial charge >= 0.3 is 0 Å². The highest BCUT2D eigenvalue weighted by Gasteiger charge is 2.19. The summed E-state index contributed by atoms with van der Waals surface area (Å²) in [6, 6.07) is 0. The average molecular weight is 127 g/mol. The van der Waals surface area contributed by atoms with Gasteiger partial charge in [0.1, 0.15) is 0 Å². The number of hydrogen-bond acceptors (Lipinski definition) is 1. The Labute approximate surface area is 57.8 Å². The summed E-state index contributed by atoms with van der Waals surface area (Å²) in [5.41, 5.74) is 0. The van der Waals surface area contributed by atoms with E-state index in [-0.39, 0.29) is 0 Å². The SMILES string of the molecule is CNCC1CCC(C)C1. The van der Waals surface area contributed by atoms with Crippen LogP contribution in [0.1, 0.15) is 26.2 Å². The van der Waals surface area contributed by atoms with Crippen molar-refractivity contribution in [3.8, 4) is 0 Å². The molecule has 0 aromatic rings. The van der Waals surface area contributed by atoms with Crippen LogP contribution in [-0.4, -0.2) is 13.6 Å². The van der Waals surface area contributed by atoms with Gasteiger partial charge in [-0.15, -0.1) is 0 Å². The van der Waals surface area contributed by atoms with E-state index >= 15 is 0 Å². The summed E-state index contributed by atoms with van der Waals surface area (Å²) in [7, 11) is 2.04. The summed E-state index contributed by atoms with van der Waals surface area (Å²) in [5, 5.41) is 3.23. The molecule has 0 radical (unpaired) electrons. The van der Waals surface area contributed by atoms with Gasteiger partial charge in [-0.05, 0) is 38.3 Å². The van der Waals surface area contributed by atoms with Gasteiger partial charge in [0.25, 0.3) is 0 Å². The lowest BCUT2D eigenvalue weighted by molar-refractivity contribution is 0.492. The predicted octanol–water partition coefficient (Wildman–Crippen LogP) is 1.64. The molecule has 9 heavy (non-hydrogen) atoms. The number of nitrogens with one attached hydrogen (secondary N) is 1. The summed E-state index contributed by atoms with van der Waals surface area (Å²) in [6.07, 6.45) is 4.34. The molecule has 1 rings (SSSR count). The van der Waals surface area contributed by atoms with E-state index in [0.29, 0.717) is 0 Å². The molecule has 0 amide bonds. The van der Waals surface area contributed by atoms with Crippen LogP contribution in [0.5, 0.6) is 0 Å². The second kappa shape index (κ2) is 3.21. The van der Waals surface area contributed by atoms with E-state index in [1.54, 1.807) is 0 Å². The van der Waals surface area contributed by atoms with Crippen LogP contribution in [0.15, 0.2) is 0 Å². The summed E-state index contributed by atoms with van der Waals surface area (Å²) < 4.78 is 0. The van der Waals surface area contributed by atoms with E-state index in [0.717, 1.165) is 11.8 Å². The Morgan fingerprint density at radius 2 is 2.22 bits per heavy atom. The summed E-state index contributed by atoms with van der Waals surface area (Å²) in [5.74, 6) is 1.97. The van der Waals surface area contributed by atoms with Crippen LogP contribution in [0, 0.1) is 11.8 Å². The summed E-state index contributed by atoms with van der Waals surface area (Å²) in [6.45, 7) is 3.58. The largest absolute Gasteiger partial charge is 0.319 e. The lowest BCUT2D eigenvalue weighted by Gasteiger charge is -2.06. The van der Waals surface area contributed by atoms with Crippen molar-refractivity contribution < 1.29 is 0 Å². The fourth-order valence-corrected chi connectivity index (χ4v) is 1.80. The molecule has 0 spiro atoms. The van der Waals surface area contributed by atoms with Gasteiger partial charge in [-0.3, -0.25) is 0 Å². The van der Waals surface area contributed by atoms with Crippen molar-refractivity contribution in [2.75, 3.05) is 13.6 Å². The molecule has 1 aliphatic carbocycles. The van der Waals surface area contributed by atoms with Crippen LogP contribution in [-0.2, 0) is 0 Å². The van der Waals surface area contributed by atoms with Crippen LogP contribution in [0.25, 0.3) is 0 Å². The average Bonchev–Trinajstić information content (AvgIpc) is 2.17. The highest BCUT2D eigenvalue weighted by Crippen LogP contribution is 2.29. The van der Waals surface area contributed by atoms with Crippen LogP contribution >= 0.6 is 0 Å². The van der Waals surface area contributed by atoms with E-state index in [9.17, 15) is 0 Å². The summed E-state index contributed by atoms with van der Waals surface area (Å²) >= 11 is 0. The van der Waals surface area contributed by atoms with E-state index in [2.05, 4.69) is 12.2 Å². The highest BCUT2D eigenvalue weighted by atomic mass is 14.8. The van der Waals surface area contributed by atoms with Crippen LogP contribution in [0.3, 0.4) is 0 Å². The van der Waals surface area contributed by atoms with Crippen molar-refractivity contribution in [2.45, 2.75) is 26.2 Å². The van der Waals surface area contributed by atoms with Gasteiger partial charge in [-0.25, -0.2) is 0 Å². The first-order valence-electron chi connectivity index (χ1n) is 3.97. The standard InChI is InChI=1S/C8H17N/c1-7-3-4-8(5-7)6-9-2/h7-9H,3-6H2,1-2H3. The minimum absolute atomic E-state index is 0.977. The van der Waals surface area contributed by atoms with Gasteiger partial charge in [-0.2, -0.15) is 0 Å². The second-order valence-electron chi connectivity index (χ2n) is 3.34. The van der Waals surface area contributed by atoms with Crippen molar-refractivity contribution in [3.63, 3.8) is 0 Å². The molecular weight excluding hydrogens is 110 g/mol. The quantitative estimate of drug-likeness (QED) is 0.594. The normalized spacial score (nSPS) is 35.3. The van der Waals surface area contributed by atoms with E-state index in [4.69, 9.17) is 0 Å². The first-order chi connectivity index (χ1) is 4.33. The molecule has 0 saturated heterocycles. The van der Waals surface area contributed by atoms with Crippen molar-refractivity contribution in [1.82, 2.24) is 5.32 Å².